The van der Waals surface area contributed by atoms with Crippen molar-refractivity contribution in [3.05, 3.63) is 0 Å². The molecule has 1 aliphatic rings. The SMILES string of the molecule is CCNC1CCC(CC)CC1N(C)CC(C)C. The number of hydrogen-bond donors (Lipinski definition) is 1. The molecule has 0 heterocycles. The van der Waals surface area contributed by atoms with E-state index in [1.165, 1.54) is 32.2 Å². The van der Waals surface area contributed by atoms with Crippen molar-refractivity contribution in [2.45, 2.75) is 65.5 Å². The quantitative estimate of drug-likeness (QED) is 0.767. The molecule has 0 bridgehead atoms. The predicted octanol–water partition coefficient (Wildman–Crippen LogP) is 3.13. The summed E-state index contributed by atoms with van der Waals surface area (Å²) in [6.07, 6.45) is 5.52. The highest BCUT2D eigenvalue weighted by molar-refractivity contribution is 4.90. The van der Waals surface area contributed by atoms with Crippen LogP contribution in [0.4, 0.5) is 0 Å². The molecular formula is C15H32N2. The van der Waals surface area contributed by atoms with Crippen LogP contribution >= 0.6 is 0 Å². The molecule has 0 aliphatic heterocycles. The van der Waals surface area contributed by atoms with Crippen LogP contribution in [0.2, 0.25) is 0 Å². The van der Waals surface area contributed by atoms with Crippen molar-refractivity contribution in [2.75, 3.05) is 20.1 Å². The van der Waals surface area contributed by atoms with Gasteiger partial charge >= 0.3 is 0 Å². The minimum absolute atomic E-state index is 0.714. The second-order valence-electron chi connectivity index (χ2n) is 6.15. The van der Waals surface area contributed by atoms with Crippen LogP contribution in [-0.4, -0.2) is 37.1 Å². The topological polar surface area (TPSA) is 15.3 Å². The van der Waals surface area contributed by atoms with Gasteiger partial charge in [-0.25, -0.2) is 0 Å². The Kier molecular flexibility index (Phi) is 6.50. The largest absolute Gasteiger partial charge is 0.313 e. The zero-order chi connectivity index (χ0) is 12.8. The van der Waals surface area contributed by atoms with Gasteiger partial charge in [-0.15, -0.1) is 0 Å². The predicted molar refractivity (Wildman–Crippen MR) is 76.4 cm³/mol. The summed E-state index contributed by atoms with van der Waals surface area (Å²) in [6, 6.07) is 1.46. The standard InChI is InChI=1S/C15H32N2/c1-6-13-8-9-14(16-7-2)15(10-13)17(5)11-12(3)4/h12-16H,6-11H2,1-5H3. The molecule has 1 rings (SSSR count). The van der Waals surface area contributed by atoms with E-state index in [1.807, 2.05) is 0 Å². The molecule has 2 heteroatoms. The van der Waals surface area contributed by atoms with Crippen molar-refractivity contribution < 1.29 is 0 Å². The Hall–Kier alpha value is -0.0800. The van der Waals surface area contributed by atoms with E-state index in [9.17, 15) is 0 Å². The normalized spacial score (nSPS) is 30.2. The van der Waals surface area contributed by atoms with Gasteiger partial charge in [-0.2, -0.15) is 0 Å². The fourth-order valence-electron chi connectivity index (χ4n) is 3.30. The van der Waals surface area contributed by atoms with Gasteiger partial charge in [0, 0.05) is 18.6 Å². The van der Waals surface area contributed by atoms with E-state index in [4.69, 9.17) is 0 Å². The average Bonchev–Trinajstić information content (AvgIpc) is 2.29. The molecule has 1 aliphatic carbocycles. The zero-order valence-electron chi connectivity index (χ0n) is 12.5. The highest BCUT2D eigenvalue weighted by Gasteiger charge is 2.31. The fraction of sp³-hybridized carbons (Fsp3) is 1.00. The Morgan fingerprint density at radius 1 is 1.24 bits per heavy atom. The Balaban J connectivity index is 2.59. The van der Waals surface area contributed by atoms with Crippen molar-refractivity contribution in [1.82, 2.24) is 10.2 Å². The maximum Gasteiger partial charge on any atom is 0.0249 e. The molecule has 3 atom stereocenters. The van der Waals surface area contributed by atoms with Gasteiger partial charge in [0.25, 0.3) is 0 Å². The highest BCUT2D eigenvalue weighted by atomic mass is 15.2. The van der Waals surface area contributed by atoms with Crippen LogP contribution in [0.5, 0.6) is 0 Å². The molecule has 1 saturated carbocycles. The first-order valence-electron chi connectivity index (χ1n) is 7.52. The second-order valence-corrected chi connectivity index (χ2v) is 6.15. The number of likely N-dealkylation sites (N-methyl/N-ethyl adjacent to an activating group) is 2. The second kappa shape index (κ2) is 7.38. The highest BCUT2D eigenvalue weighted by Crippen LogP contribution is 2.29. The lowest BCUT2D eigenvalue weighted by molar-refractivity contribution is 0.109. The summed E-state index contributed by atoms with van der Waals surface area (Å²) in [6.45, 7) is 11.5. The van der Waals surface area contributed by atoms with Crippen LogP contribution in [0.3, 0.4) is 0 Å². The molecule has 0 spiro atoms. The maximum atomic E-state index is 3.69. The molecule has 0 radical (unpaired) electrons. The lowest BCUT2D eigenvalue weighted by Crippen LogP contribution is -2.52. The van der Waals surface area contributed by atoms with Crippen LogP contribution in [0.1, 0.15) is 53.4 Å². The first-order chi connectivity index (χ1) is 8.08. The van der Waals surface area contributed by atoms with Gasteiger partial charge in [0.05, 0.1) is 0 Å². The van der Waals surface area contributed by atoms with Crippen molar-refractivity contribution in [2.24, 2.45) is 11.8 Å². The summed E-state index contributed by atoms with van der Waals surface area (Å²) >= 11 is 0. The summed E-state index contributed by atoms with van der Waals surface area (Å²) in [7, 11) is 2.31. The smallest absolute Gasteiger partial charge is 0.0249 e. The molecule has 1 N–H and O–H groups in total. The van der Waals surface area contributed by atoms with Gasteiger partial charge in [-0.1, -0.05) is 34.1 Å². The summed E-state index contributed by atoms with van der Waals surface area (Å²) in [5, 5.41) is 3.69. The molecule has 0 amide bonds. The van der Waals surface area contributed by atoms with E-state index < -0.39 is 0 Å². The van der Waals surface area contributed by atoms with Gasteiger partial charge in [0.2, 0.25) is 0 Å². The minimum Gasteiger partial charge on any atom is -0.313 e. The Morgan fingerprint density at radius 3 is 2.47 bits per heavy atom. The van der Waals surface area contributed by atoms with E-state index >= 15 is 0 Å². The van der Waals surface area contributed by atoms with Gasteiger partial charge in [-0.3, -0.25) is 0 Å². The van der Waals surface area contributed by atoms with Crippen LogP contribution in [0.15, 0.2) is 0 Å². The molecular weight excluding hydrogens is 208 g/mol. The van der Waals surface area contributed by atoms with Crippen molar-refractivity contribution in [1.29, 1.82) is 0 Å². The molecule has 0 saturated heterocycles. The van der Waals surface area contributed by atoms with E-state index in [-0.39, 0.29) is 0 Å². The van der Waals surface area contributed by atoms with Gasteiger partial charge in [0.1, 0.15) is 0 Å². The molecule has 17 heavy (non-hydrogen) atoms. The van der Waals surface area contributed by atoms with Gasteiger partial charge < -0.3 is 10.2 Å². The van der Waals surface area contributed by atoms with Crippen LogP contribution in [0.25, 0.3) is 0 Å². The summed E-state index contributed by atoms with van der Waals surface area (Å²) in [5.41, 5.74) is 0. The Morgan fingerprint density at radius 2 is 1.94 bits per heavy atom. The third kappa shape index (κ3) is 4.59. The maximum absolute atomic E-state index is 3.69. The third-order valence-electron chi connectivity index (χ3n) is 4.19. The Bertz CT molecular complexity index is 203. The molecule has 2 nitrogen and oxygen atoms in total. The zero-order valence-corrected chi connectivity index (χ0v) is 12.5. The summed E-state index contributed by atoms with van der Waals surface area (Å²) in [4.78, 5) is 2.60. The Labute approximate surface area is 108 Å². The number of nitrogens with zero attached hydrogens (tertiary/aromatic N) is 1. The van der Waals surface area contributed by atoms with Crippen molar-refractivity contribution >= 4 is 0 Å². The monoisotopic (exact) mass is 240 g/mol. The lowest BCUT2D eigenvalue weighted by atomic mass is 9.80. The number of rotatable bonds is 6. The molecule has 1 fully saturated rings. The third-order valence-corrected chi connectivity index (χ3v) is 4.19. The summed E-state index contributed by atoms with van der Waals surface area (Å²) in [5.74, 6) is 1.72. The average molecular weight is 240 g/mol. The first kappa shape index (κ1) is 15.0. The van der Waals surface area contributed by atoms with Gasteiger partial charge in [0.15, 0.2) is 0 Å². The van der Waals surface area contributed by atoms with E-state index in [0.29, 0.717) is 6.04 Å². The van der Waals surface area contributed by atoms with Crippen LogP contribution in [0, 0.1) is 11.8 Å². The summed E-state index contributed by atoms with van der Waals surface area (Å²) < 4.78 is 0. The molecule has 3 unspecified atom stereocenters. The number of hydrogen-bond acceptors (Lipinski definition) is 2. The molecule has 0 aromatic carbocycles. The number of nitrogens with one attached hydrogen (secondary N) is 1. The lowest BCUT2D eigenvalue weighted by Gasteiger charge is -2.42. The van der Waals surface area contributed by atoms with Crippen LogP contribution in [-0.2, 0) is 0 Å². The van der Waals surface area contributed by atoms with Crippen molar-refractivity contribution in [3.63, 3.8) is 0 Å². The van der Waals surface area contributed by atoms with E-state index in [2.05, 4.69) is 45.0 Å². The molecule has 0 aromatic rings. The molecule has 0 aromatic heterocycles. The van der Waals surface area contributed by atoms with Crippen LogP contribution < -0.4 is 5.32 Å². The van der Waals surface area contributed by atoms with E-state index in [0.717, 1.165) is 24.4 Å². The first-order valence-corrected chi connectivity index (χ1v) is 7.52. The minimum atomic E-state index is 0.714. The van der Waals surface area contributed by atoms with E-state index in [1.54, 1.807) is 0 Å². The fourth-order valence-corrected chi connectivity index (χ4v) is 3.30. The molecule has 102 valence electrons. The van der Waals surface area contributed by atoms with Crippen molar-refractivity contribution in [3.8, 4) is 0 Å². The van der Waals surface area contributed by atoms with Gasteiger partial charge in [-0.05, 0) is 44.7 Å².